The fourth-order valence-electron chi connectivity index (χ4n) is 6.04. The zero-order valence-corrected chi connectivity index (χ0v) is 32.5. The number of hydrogen-bond donors (Lipinski definition) is 3. The Morgan fingerprint density at radius 2 is 1.22 bits per heavy atom. The van der Waals surface area contributed by atoms with Gasteiger partial charge in [0.15, 0.2) is 11.3 Å². The minimum atomic E-state index is -4.53. The largest absolute Gasteiger partial charge is 0.433 e. The number of nitrogens with one attached hydrogen (secondary N) is 3. The molecule has 8 rings (SSSR count). The van der Waals surface area contributed by atoms with E-state index in [1.807, 2.05) is 11.8 Å². The number of fused-ring (bicyclic) bond motifs is 2. The molecule has 6 aromatic heterocycles. The minimum absolute atomic E-state index is 0.00627. The number of nitrogens with zero attached hydrogens (tertiary/aromatic N) is 9. The lowest BCUT2D eigenvalue weighted by atomic mass is 10.2. The van der Waals surface area contributed by atoms with E-state index in [-0.39, 0.29) is 35.5 Å². The van der Waals surface area contributed by atoms with Crippen LogP contribution in [0.15, 0.2) is 73.3 Å². The van der Waals surface area contributed by atoms with E-state index in [4.69, 9.17) is 21.1 Å². The van der Waals surface area contributed by atoms with Crippen LogP contribution in [0.4, 0.5) is 43.9 Å². The van der Waals surface area contributed by atoms with Gasteiger partial charge in [-0.2, -0.15) is 41.3 Å². The number of morpholine rings is 2. The fourth-order valence-corrected chi connectivity index (χ4v) is 6.20. The van der Waals surface area contributed by atoms with Crippen molar-refractivity contribution in [3.8, 4) is 0 Å². The van der Waals surface area contributed by atoms with E-state index in [1.54, 1.807) is 30.5 Å². The number of hydrogen-bond acceptors (Lipinski definition) is 14. The van der Waals surface area contributed by atoms with Gasteiger partial charge in [-0.05, 0) is 61.8 Å². The topological polar surface area (TPSA) is 161 Å². The molecular weight excluding hydrogens is 806 g/mol. The molecule has 2 aliphatic rings. The van der Waals surface area contributed by atoms with Crippen LogP contribution in [0, 0.1) is 0 Å². The molecule has 14 nitrogen and oxygen atoms in total. The molecule has 59 heavy (non-hydrogen) atoms. The molecule has 0 bridgehead atoms. The molecule has 2 atom stereocenters. The van der Waals surface area contributed by atoms with Crippen molar-refractivity contribution in [1.82, 2.24) is 45.2 Å². The molecule has 0 radical (unpaired) electrons. The van der Waals surface area contributed by atoms with Gasteiger partial charge in [0.1, 0.15) is 23.0 Å². The Morgan fingerprint density at radius 3 is 1.73 bits per heavy atom. The lowest BCUT2D eigenvalue weighted by Gasteiger charge is -2.33. The van der Waals surface area contributed by atoms with Gasteiger partial charge in [0, 0.05) is 68.1 Å². The Morgan fingerprint density at radius 1 is 0.695 bits per heavy atom. The van der Waals surface area contributed by atoms with Crippen molar-refractivity contribution in [1.29, 1.82) is 0 Å². The monoisotopic (exact) mass is 844 g/mol. The van der Waals surface area contributed by atoms with Crippen molar-refractivity contribution >= 4 is 51.3 Å². The SMILES string of the molecule is CC1COCCN1.CC1COCCN1c1nc(NCc2cccnc2C(F)(F)F)c2cccnc2n1.FC(F)(F)c1ncccc1CNc1nc(Cl)nc2ncccc12. The van der Waals surface area contributed by atoms with Crippen molar-refractivity contribution < 1.29 is 35.8 Å². The molecule has 312 valence electrons. The maximum atomic E-state index is 13.2. The lowest BCUT2D eigenvalue weighted by Crippen LogP contribution is -2.44. The standard InChI is InChI=1S/C19H19F3N6O.C14H9ClF3N5.C5H11NO/c1-12-11-29-9-8-28(12)18-26-16-14(5-3-7-24-16)17(27-18)25-10-13-4-2-6-23-15(13)19(20,21)22;15-13-22-11-9(4-2-6-20-11)12(23-13)21-7-8-3-1-5-19-10(8)14(16,17)18;1-5-4-7-3-2-6-5/h2-7,12H,8-11H2,1H3,(H,24,25,26,27);1-6H,7H2,(H,20,21,22,23);5-6H,2-4H2,1H3. The molecule has 0 spiro atoms. The zero-order chi connectivity index (χ0) is 42.0. The number of alkyl halides is 6. The van der Waals surface area contributed by atoms with Gasteiger partial charge >= 0.3 is 12.4 Å². The number of ether oxygens (including phenoxy) is 2. The normalized spacial score (nSPS) is 17.1. The van der Waals surface area contributed by atoms with E-state index in [1.165, 1.54) is 30.5 Å². The van der Waals surface area contributed by atoms with Crippen molar-refractivity contribution in [2.45, 2.75) is 51.4 Å². The van der Waals surface area contributed by atoms with Gasteiger partial charge in [-0.3, -0.25) is 9.97 Å². The second-order valence-electron chi connectivity index (χ2n) is 13.2. The summed E-state index contributed by atoms with van der Waals surface area (Å²) in [6.07, 6.45) is -3.65. The second kappa shape index (κ2) is 19.5. The molecule has 8 heterocycles. The third kappa shape index (κ3) is 11.6. The van der Waals surface area contributed by atoms with Crippen LogP contribution in [0.2, 0.25) is 5.28 Å². The van der Waals surface area contributed by atoms with Gasteiger partial charge in [0.05, 0.1) is 43.2 Å². The van der Waals surface area contributed by atoms with E-state index in [0.717, 1.165) is 32.2 Å². The molecule has 2 aliphatic heterocycles. The predicted octanol–water partition coefficient (Wildman–Crippen LogP) is 6.97. The Labute approximate surface area is 339 Å². The van der Waals surface area contributed by atoms with E-state index < -0.39 is 23.7 Å². The van der Waals surface area contributed by atoms with E-state index >= 15 is 0 Å². The highest BCUT2D eigenvalue weighted by atomic mass is 35.5. The summed E-state index contributed by atoms with van der Waals surface area (Å²) in [5, 5.41) is 10.3. The van der Waals surface area contributed by atoms with Crippen molar-refractivity contribution in [2.24, 2.45) is 0 Å². The van der Waals surface area contributed by atoms with Crippen LogP contribution >= 0.6 is 11.6 Å². The summed E-state index contributed by atoms with van der Waals surface area (Å²) in [4.78, 5) is 34.3. The van der Waals surface area contributed by atoms with Gasteiger partial charge < -0.3 is 30.3 Å². The smallest absolute Gasteiger partial charge is 0.379 e. The summed E-state index contributed by atoms with van der Waals surface area (Å²) in [5.74, 6) is 1.20. The van der Waals surface area contributed by atoms with E-state index in [2.05, 4.69) is 62.7 Å². The van der Waals surface area contributed by atoms with Crippen LogP contribution in [0.1, 0.15) is 36.4 Å². The van der Waals surface area contributed by atoms with Gasteiger partial charge in [0.2, 0.25) is 11.2 Å². The highest BCUT2D eigenvalue weighted by Gasteiger charge is 2.36. The number of halogens is 7. The molecule has 2 fully saturated rings. The van der Waals surface area contributed by atoms with Crippen LogP contribution in [-0.4, -0.2) is 91.5 Å². The van der Waals surface area contributed by atoms with Gasteiger partial charge in [-0.1, -0.05) is 12.1 Å². The van der Waals surface area contributed by atoms with Gasteiger partial charge in [-0.25, -0.2) is 15.0 Å². The van der Waals surface area contributed by atoms with Crippen LogP contribution in [0.3, 0.4) is 0 Å². The summed E-state index contributed by atoms with van der Waals surface area (Å²) in [6.45, 7) is 8.44. The number of aromatic nitrogens is 8. The zero-order valence-electron chi connectivity index (χ0n) is 31.7. The summed E-state index contributed by atoms with van der Waals surface area (Å²) in [7, 11) is 0. The first-order chi connectivity index (χ1) is 28.3. The highest BCUT2D eigenvalue weighted by molar-refractivity contribution is 6.28. The van der Waals surface area contributed by atoms with Crippen molar-refractivity contribution in [2.75, 3.05) is 55.1 Å². The number of rotatable bonds is 7. The second-order valence-corrected chi connectivity index (χ2v) is 13.6. The maximum absolute atomic E-state index is 13.2. The summed E-state index contributed by atoms with van der Waals surface area (Å²) in [6, 6.07) is 13.2. The fraction of sp³-hybridized carbons (Fsp3) is 0.368. The molecular formula is C38H39ClF6N12O2. The van der Waals surface area contributed by atoms with Gasteiger partial charge in [-0.15, -0.1) is 0 Å². The third-order valence-electron chi connectivity index (χ3n) is 8.85. The summed E-state index contributed by atoms with van der Waals surface area (Å²) in [5.41, 5.74) is -0.969. The lowest BCUT2D eigenvalue weighted by molar-refractivity contribution is -0.142. The molecule has 21 heteroatoms. The van der Waals surface area contributed by atoms with E-state index in [9.17, 15) is 26.3 Å². The number of pyridine rings is 4. The van der Waals surface area contributed by atoms with E-state index in [0.29, 0.717) is 65.5 Å². The first kappa shape index (κ1) is 43.0. The highest BCUT2D eigenvalue weighted by Crippen LogP contribution is 2.32. The molecule has 0 saturated carbocycles. The Balaban J connectivity index is 0.000000173. The number of anilines is 3. The first-order valence-corrected chi connectivity index (χ1v) is 18.7. The Hall–Kier alpha value is -5.57. The first-order valence-electron chi connectivity index (χ1n) is 18.3. The molecule has 6 aromatic rings. The summed E-state index contributed by atoms with van der Waals surface area (Å²) < 4.78 is 89.1. The summed E-state index contributed by atoms with van der Waals surface area (Å²) >= 11 is 5.81. The van der Waals surface area contributed by atoms with Gasteiger partial charge in [0.25, 0.3) is 0 Å². The quantitative estimate of drug-likeness (QED) is 0.112. The molecule has 0 aliphatic carbocycles. The average molecular weight is 845 g/mol. The molecule has 2 unspecified atom stereocenters. The van der Waals surface area contributed by atoms with Crippen molar-refractivity contribution in [3.63, 3.8) is 0 Å². The Kier molecular flexibility index (Phi) is 14.2. The predicted molar refractivity (Wildman–Crippen MR) is 209 cm³/mol. The molecule has 3 N–H and O–H groups in total. The Bertz CT molecular complexity index is 2320. The van der Waals surface area contributed by atoms with Crippen molar-refractivity contribution in [3.05, 3.63) is 101 Å². The molecule has 0 aromatic carbocycles. The molecule has 0 amide bonds. The van der Waals surface area contributed by atoms with Crippen LogP contribution in [-0.2, 0) is 34.9 Å². The van der Waals surface area contributed by atoms with Crippen LogP contribution in [0.25, 0.3) is 22.1 Å². The van der Waals surface area contributed by atoms with Crippen LogP contribution in [0.5, 0.6) is 0 Å². The molecule has 2 saturated heterocycles. The average Bonchev–Trinajstić information content (AvgIpc) is 3.22. The third-order valence-corrected chi connectivity index (χ3v) is 9.02. The minimum Gasteiger partial charge on any atom is -0.379 e. The van der Waals surface area contributed by atoms with Crippen LogP contribution < -0.4 is 20.9 Å². The maximum Gasteiger partial charge on any atom is 0.433 e.